The lowest BCUT2D eigenvalue weighted by molar-refractivity contribution is 0.112. The summed E-state index contributed by atoms with van der Waals surface area (Å²) in [7, 11) is 1.66. The Labute approximate surface area is 141 Å². The number of carbonyl (C=O) groups excluding carboxylic acids is 1. The van der Waals surface area contributed by atoms with Crippen LogP contribution in [-0.4, -0.2) is 28.0 Å². The zero-order valence-corrected chi connectivity index (χ0v) is 13.9. The predicted molar refractivity (Wildman–Crippen MR) is 94.9 cm³/mol. The number of methoxy groups -OCH3 is 1. The first kappa shape index (κ1) is 14.6. The lowest BCUT2D eigenvalue weighted by Gasteiger charge is -2.02. The van der Waals surface area contributed by atoms with Gasteiger partial charge in [-0.1, -0.05) is 6.07 Å². The van der Waals surface area contributed by atoms with Crippen LogP contribution in [0.2, 0.25) is 0 Å². The number of aldehydes is 1. The van der Waals surface area contributed by atoms with E-state index in [0.29, 0.717) is 16.9 Å². The standard InChI is InChI=1S/C17H14N4O2S/c1-9-3-10-5-13(24-16(10)12(4-9)23-2)14-11(7-22)6-21-15(14)17(18)19-8-20-21/h3-8H,1-2H3,(H2,18,19,20). The SMILES string of the molecule is COc1cc(C)cc2cc(-c3c(C=O)cn4ncnc(N)c34)sc12. The fourth-order valence-corrected chi connectivity index (χ4v) is 4.14. The molecule has 0 saturated carbocycles. The molecule has 0 amide bonds. The third-order valence-corrected chi connectivity index (χ3v) is 5.13. The Hall–Kier alpha value is -2.93. The van der Waals surface area contributed by atoms with E-state index in [1.165, 1.54) is 6.33 Å². The van der Waals surface area contributed by atoms with Gasteiger partial charge < -0.3 is 10.5 Å². The molecule has 0 radical (unpaired) electrons. The molecule has 0 unspecified atom stereocenters. The monoisotopic (exact) mass is 338 g/mol. The molecule has 0 spiro atoms. The number of anilines is 1. The molecule has 6 nitrogen and oxygen atoms in total. The Morgan fingerprint density at radius 1 is 1.33 bits per heavy atom. The van der Waals surface area contributed by atoms with Crippen LogP contribution in [0.5, 0.6) is 5.75 Å². The van der Waals surface area contributed by atoms with E-state index in [1.54, 1.807) is 29.2 Å². The van der Waals surface area contributed by atoms with Gasteiger partial charge in [-0.25, -0.2) is 9.50 Å². The van der Waals surface area contributed by atoms with Gasteiger partial charge in [-0.2, -0.15) is 5.10 Å². The zero-order chi connectivity index (χ0) is 16.8. The molecule has 1 aromatic carbocycles. The number of hydrogen-bond acceptors (Lipinski definition) is 6. The molecule has 24 heavy (non-hydrogen) atoms. The van der Waals surface area contributed by atoms with Crippen molar-refractivity contribution < 1.29 is 9.53 Å². The maximum atomic E-state index is 11.6. The average Bonchev–Trinajstić information content (AvgIpc) is 3.15. The summed E-state index contributed by atoms with van der Waals surface area (Å²) >= 11 is 1.56. The van der Waals surface area contributed by atoms with Gasteiger partial charge in [0.05, 0.1) is 11.8 Å². The molecule has 0 fully saturated rings. The summed E-state index contributed by atoms with van der Waals surface area (Å²) in [5.41, 5.74) is 9.07. The van der Waals surface area contributed by atoms with Crippen molar-refractivity contribution in [3.8, 4) is 16.2 Å². The molecular weight excluding hydrogens is 324 g/mol. The Bertz CT molecular complexity index is 1100. The number of benzene rings is 1. The minimum atomic E-state index is 0.341. The van der Waals surface area contributed by atoms with E-state index in [1.807, 2.05) is 19.1 Å². The van der Waals surface area contributed by atoms with Gasteiger partial charge in [0.1, 0.15) is 17.6 Å². The fourth-order valence-electron chi connectivity index (χ4n) is 2.94. The van der Waals surface area contributed by atoms with Crippen LogP contribution in [-0.2, 0) is 0 Å². The molecule has 0 bridgehead atoms. The van der Waals surface area contributed by atoms with E-state index in [-0.39, 0.29) is 0 Å². The molecule has 0 atom stereocenters. The van der Waals surface area contributed by atoms with Crippen LogP contribution >= 0.6 is 11.3 Å². The average molecular weight is 338 g/mol. The highest BCUT2D eigenvalue weighted by Crippen LogP contribution is 2.42. The van der Waals surface area contributed by atoms with Crippen molar-refractivity contribution in [3.63, 3.8) is 0 Å². The summed E-state index contributed by atoms with van der Waals surface area (Å²) in [5, 5.41) is 5.21. The van der Waals surface area contributed by atoms with Gasteiger partial charge in [-0.15, -0.1) is 11.3 Å². The van der Waals surface area contributed by atoms with Crippen LogP contribution in [0, 0.1) is 6.92 Å². The third-order valence-electron chi connectivity index (χ3n) is 3.95. The number of thiophene rings is 1. The normalized spacial score (nSPS) is 11.2. The van der Waals surface area contributed by atoms with Crippen molar-refractivity contribution in [1.29, 1.82) is 0 Å². The van der Waals surface area contributed by atoms with Crippen molar-refractivity contribution in [2.45, 2.75) is 6.92 Å². The largest absolute Gasteiger partial charge is 0.495 e. The number of nitrogen functional groups attached to an aromatic ring is 1. The van der Waals surface area contributed by atoms with Crippen LogP contribution in [0.15, 0.2) is 30.7 Å². The van der Waals surface area contributed by atoms with Crippen LogP contribution < -0.4 is 10.5 Å². The highest BCUT2D eigenvalue weighted by Gasteiger charge is 2.19. The molecule has 3 heterocycles. The minimum Gasteiger partial charge on any atom is -0.495 e. The number of aryl methyl sites for hydroxylation is 1. The van der Waals surface area contributed by atoms with Crippen LogP contribution in [0.4, 0.5) is 5.82 Å². The topological polar surface area (TPSA) is 82.5 Å². The highest BCUT2D eigenvalue weighted by molar-refractivity contribution is 7.22. The molecule has 0 aliphatic heterocycles. The maximum Gasteiger partial charge on any atom is 0.152 e. The summed E-state index contributed by atoms with van der Waals surface area (Å²) < 4.78 is 8.12. The molecule has 0 saturated heterocycles. The van der Waals surface area contributed by atoms with E-state index in [9.17, 15) is 4.79 Å². The van der Waals surface area contributed by atoms with E-state index in [4.69, 9.17) is 10.5 Å². The second-order valence-corrected chi connectivity index (χ2v) is 6.56. The molecule has 120 valence electrons. The molecule has 3 aromatic heterocycles. The number of aromatic nitrogens is 3. The number of ether oxygens (including phenoxy) is 1. The Balaban J connectivity index is 2.08. The molecule has 2 N–H and O–H groups in total. The van der Waals surface area contributed by atoms with Crippen LogP contribution in [0.25, 0.3) is 26.0 Å². The van der Waals surface area contributed by atoms with Gasteiger partial charge in [0.25, 0.3) is 0 Å². The number of carbonyl (C=O) groups is 1. The fraction of sp³-hybridized carbons (Fsp3) is 0.118. The van der Waals surface area contributed by atoms with Crippen molar-refractivity contribution in [2.75, 3.05) is 12.8 Å². The molecular formula is C17H14N4O2S. The van der Waals surface area contributed by atoms with Crippen LogP contribution in [0.1, 0.15) is 15.9 Å². The Morgan fingerprint density at radius 2 is 2.17 bits per heavy atom. The third kappa shape index (κ3) is 2.05. The predicted octanol–water partition coefficient (Wildman–Crippen LogP) is 3.32. The smallest absolute Gasteiger partial charge is 0.152 e. The highest BCUT2D eigenvalue weighted by atomic mass is 32.1. The minimum absolute atomic E-state index is 0.341. The van der Waals surface area contributed by atoms with Gasteiger partial charge in [0, 0.05) is 22.2 Å². The second kappa shape index (κ2) is 5.31. The van der Waals surface area contributed by atoms with Crippen molar-refractivity contribution in [3.05, 3.63) is 41.9 Å². The van der Waals surface area contributed by atoms with E-state index in [2.05, 4.69) is 16.1 Å². The number of hydrogen-bond donors (Lipinski definition) is 1. The van der Waals surface area contributed by atoms with Gasteiger partial charge in [-0.3, -0.25) is 4.79 Å². The quantitative estimate of drug-likeness (QED) is 0.579. The Kier molecular flexibility index (Phi) is 3.24. The Morgan fingerprint density at radius 3 is 2.92 bits per heavy atom. The first-order valence-corrected chi connectivity index (χ1v) is 8.09. The van der Waals surface area contributed by atoms with Crippen molar-refractivity contribution in [1.82, 2.24) is 14.6 Å². The number of nitrogens with two attached hydrogens (primary N) is 1. The molecule has 7 heteroatoms. The van der Waals surface area contributed by atoms with Crippen molar-refractivity contribution in [2.24, 2.45) is 0 Å². The summed E-state index contributed by atoms with van der Waals surface area (Å²) in [6, 6.07) is 6.14. The van der Waals surface area contributed by atoms with E-state index >= 15 is 0 Å². The van der Waals surface area contributed by atoms with Crippen LogP contribution in [0.3, 0.4) is 0 Å². The second-order valence-electron chi connectivity index (χ2n) is 5.51. The summed E-state index contributed by atoms with van der Waals surface area (Å²) in [5.74, 6) is 1.16. The summed E-state index contributed by atoms with van der Waals surface area (Å²) in [4.78, 5) is 16.5. The van der Waals surface area contributed by atoms with Gasteiger partial charge in [0.2, 0.25) is 0 Å². The lowest BCUT2D eigenvalue weighted by Crippen LogP contribution is -1.98. The van der Waals surface area contributed by atoms with E-state index in [0.717, 1.165) is 38.1 Å². The number of nitrogens with zero attached hydrogens (tertiary/aromatic N) is 3. The summed E-state index contributed by atoms with van der Waals surface area (Å²) in [6.45, 7) is 2.02. The number of fused-ring (bicyclic) bond motifs is 2. The zero-order valence-electron chi connectivity index (χ0n) is 13.1. The van der Waals surface area contributed by atoms with Gasteiger partial charge in [-0.05, 0) is 30.0 Å². The molecule has 0 aliphatic carbocycles. The molecule has 4 rings (SSSR count). The number of rotatable bonds is 3. The lowest BCUT2D eigenvalue weighted by atomic mass is 10.1. The first-order valence-electron chi connectivity index (χ1n) is 7.28. The summed E-state index contributed by atoms with van der Waals surface area (Å²) in [6.07, 6.45) is 3.86. The van der Waals surface area contributed by atoms with E-state index < -0.39 is 0 Å². The van der Waals surface area contributed by atoms with Gasteiger partial charge in [0.15, 0.2) is 12.1 Å². The molecule has 4 aromatic rings. The molecule has 0 aliphatic rings. The van der Waals surface area contributed by atoms with Gasteiger partial charge >= 0.3 is 0 Å². The maximum absolute atomic E-state index is 11.6. The van der Waals surface area contributed by atoms with Crippen molar-refractivity contribution >= 4 is 39.0 Å². The first-order chi connectivity index (χ1) is 11.6.